The molecule has 2 rings (SSSR count). The average Bonchev–Trinajstić information content (AvgIpc) is 2.97. The summed E-state index contributed by atoms with van der Waals surface area (Å²) in [5, 5.41) is 9.31. The highest BCUT2D eigenvalue weighted by atomic mass is 32.1. The van der Waals surface area contributed by atoms with Crippen molar-refractivity contribution in [3.8, 4) is 0 Å². The molecule has 0 aliphatic carbocycles. The van der Waals surface area contributed by atoms with Crippen LogP contribution in [0.25, 0.3) is 0 Å². The number of nitrogens with one attached hydrogen (secondary N) is 2. The summed E-state index contributed by atoms with van der Waals surface area (Å²) < 4.78 is 4.93. The van der Waals surface area contributed by atoms with Gasteiger partial charge >= 0.3 is 6.09 Å². The maximum absolute atomic E-state index is 11.6. The molecule has 2 N–H and O–H groups in total. The van der Waals surface area contributed by atoms with Crippen molar-refractivity contribution in [1.29, 1.82) is 0 Å². The number of amides is 1. The maximum atomic E-state index is 11.6. The monoisotopic (exact) mass is 347 g/mol. The summed E-state index contributed by atoms with van der Waals surface area (Å²) in [7, 11) is 0. The van der Waals surface area contributed by atoms with E-state index < -0.39 is 6.09 Å². The highest BCUT2D eigenvalue weighted by molar-refractivity contribution is 7.09. The van der Waals surface area contributed by atoms with Crippen LogP contribution in [0.3, 0.4) is 0 Å². The van der Waals surface area contributed by atoms with E-state index in [-0.39, 0.29) is 5.41 Å². The second-order valence-corrected chi connectivity index (χ2v) is 7.50. The molecular formula is C18H25N3O2S. The number of benzene rings is 1. The van der Waals surface area contributed by atoms with Crippen LogP contribution in [0.1, 0.15) is 44.0 Å². The fourth-order valence-electron chi connectivity index (χ4n) is 2.15. The summed E-state index contributed by atoms with van der Waals surface area (Å²) >= 11 is 1.66. The van der Waals surface area contributed by atoms with Gasteiger partial charge in [0.1, 0.15) is 5.01 Å². The lowest BCUT2D eigenvalue weighted by molar-refractivity contribution is 0.168. The van der Waals surface area contributed by atoms with Crippen molar-refractivity contribution >= 4 is 28.8 Å². The molecule has 0 saturated heterocycles. The summed E-state index contributed by atoms with van der Waals surface area (Å²) in [6.07, 6.45) is -0.438. The summed E-state index contributed by atoms with van der Waals surface area (Å²) in [6, 6.07) is 5.75. The Morgan fingerprint density at radius 3 is 2.62 bits per heavy atom. The molecule has 0 atom stereocenters. The van der Waals surface area contributed by atoms with Gasteiger partial charge in [-0.2, -0.15) is 0 Å². The highest BCUT2D eigenvalue weighted by Crippen LogP contribution is 2.26. The molecule has 0 unspecified atom stereocenters. The first-order valence-electron chi connectivity index (χ1n) is 8.03. The molecule has 24 heavy (non-hydrogen) atoms. The quantitative estimate of drug-likeness (QED) is 0.805. The molecule has 130 valence electrons. The Morgan fingerprint density at radius 1 is 1.29 bits per heavy atom. The molecule has 6 heteroatoms. The van der Waals surface area contributed by atoms with Gasteiger partial charge in [-0.15, -0.1) is 11.3 Å². The van der Waals surface area contributed by atoms with Gasteiger partial charge in [-0.25, -0.2) is 9.78 Å². The molecule has 0 radical (unpaired) electrons. The molecule has 1 amide bonds. The lowest BCUT2D eigenvalue weighted by Gasteiger charge is -2.15. The van der Waals surface area contributed by atoms with Crippen molar-refractivity contribution in [1.82, 2.24) is 4.98 Å². The van der Waals surface area contributed by atoms with Gasteiger partial charge in [-0.05, 0) is 31.5 Å². The lowest BCUT2D eigenvalue weighted by atomic mass is 9.93. The van der Waals surface area contributed by atoms with Gasteiger partial charge < -0.3 is 10.1 Å². The van der Waals surface area contributed by atoms with Gasteiger partial charge in [0.2, 0.25) is 0 Å². The van der Waals surface area contributed by atoms with E-state index in [0.717, 1.165) is 27.6 Å². The smallest absolute Gasteiger partial charge is 0.411 e. The molecule has 0 aliphatic rings. The topological polar surface area (TPSA) is 63.2 Å². The minimum absolute atomic E-state index is 0.0636. The third-order valence-electron chi connectivity index (χ3n) is 3.60. The van der Waals surface area contributed by atoms with E-state index in [0.29, 0.717) is 13.2 Å². The van der Waals surface area contributed by atoms with Gasteiger partial charge in [0, 0.05) is 22.2 Å². The fourth-order valence-corrected chi connectivity index (χ4v) is 3.11. The lowest BCUT2D eigenvalue weighted by Crippen LogP contribution is -2.14. The van der Waals surface area contributed by atoms with Crippen LogP contribution >= 0.6 is 11.3 Å². The van der Waals surface area contributed by atoms with E-state index in [1.165, 1.54) is 0 Å². The molecule has 2 aromatic rings. The summed E-state index contributed by atoms with van der Waals surface area (Å²) in [4.78, 5) is 16.3. The zero-order valence-electron chi connectivity index (χ0n) is 14.9. The molecule has 0 bridgehead atoms. The van der Waals surface area contributed by atoms with E-state index in [1.807, 2.05) is 25.1 Å². The minimum atomic E-state index is -0.438. The van der Waals surface area contributed by atoms with Crippen LogP contribution in [0.5, 0.6) is 0 Å². The van der Waals surface area contributed by atoms with Crippen LogP contribution in [0.15, 0.2) is 23.6 Å². The molecule has 1 aromatic carbocycles. The standard InChI is InChI=1S/C18H25N3O2S/c1-6-23-17(22)20-14-9-7-8-13(12(14)2)19-10-16-21-15(11-24-16)18(3,4)5/h7-9,11,19H,6,10H2,1-5H3,(H,20,22). The van der Waals surface area contributed by atoms with E-state index in [4.69, 9.17) is 4.74 Å². The van der Waals surface area contributed by atoms with Gasteiger partial charge in [-0.3, -0.25) is 5.32 Å². The molecule has 0 saturated carbocycles. The Kier molecular flexibility index (Phi) is 5.83. The first kappa shape index (κ1) is 18.3. The molecule has 0 spiro atoms. The number of thiazole rings is 1. The summed E-state index contributed by atoms with van der Waals surface area (Å²) in [6.45, 7) is 11.2. The zero-order valence-corrected chi connectivity index (χ0v) is 15.7. The van der Waals surface area contributed by atoms with Crippen LogP contribution < -0.4 is 10.6 Å². The minimum Gasteiger partial charge on any atom is -0.450 e. The van der Waals surface area contributed by atoms with E-state index >= 15 is 0 Å². The Hall–Kier alpha value is -2.08. The Labute approximate surface area is 147 Å². The first-order valence-corrected chi connectivity index (χ1v) is 8.91. The van der Waals surface area contributed by atoms with Crippen LogP contribution in [0.2, 0.25) is 0 Å². The van der Waals surface area contributed by atoms with Crippen molar-refractivity contribution in [3.63, 3.8) is 0 Å². The van der Waals surface area contributed by atoms with Crippen molar-refractivity contribution in [2.75, 3.05) is 17.2 Å². The van der Waals surface area contributed by atoms with Gasteiger partial charge in [0.15, 0.2) is 0 Å². The van der Waals surface area contributed by atoms with E-state index in [1.54, 1.807) is 18.3 Å². The second kappa shape index (κ2) is 7.66. The van der Waals surface area contributed by atoms with Crippen molar-refractivity contribution < 1.29 is 9.53 Å². The van der Waals surface area contributed by atoms with Crippen molar-refractivity contribution in [2.24, 2.45) is 0 Å². The van der Waals surface area contributed by atoms with Crippen LogP contribution in [0, 0.1) is 6.92 Å². The van der Waals surface area contributed by atoms with Gasteiger partial charge in [0.05, 0.1) is 18.8 Å². The number of hydrogen-bond acceptors (Lipinski definition) is 5. The van der Waals surface area contributed by atoms with Crippen molar-refractivity contribution in [3.05, 3.63) is 39.8 Å². The van der Waals surface area contributed by atoms with Gasteiger partial charge in [0.25, 0.3) is 0 Å². The fraction of sp³-hybridized carbons (Fsp3) is 0.444. The number of rotatable bonds is 5. The third-order valence-corrected chi connectivity index (χ3v) is 4.45. The Balaban J connectivity index is 2.05. The number of aromatic nitrogens is 1. The number of ether oxygens (including phenoxy) is 1. The maximum Gasteiger partial charge on any atom is 0.411 e. The van der Waals surface area contributed by atoms with Crippen LogP contribution in [-0.4, -0.2) is 17.7 Å². The summed E-state index contributed by atoms with van der Waals surface area (Å²) in [5.74, 6) is 0. The number of carbonyl (C=O) groups is 1. The largest absolute Gasteiger partial charge is 0.450 e. The summed E-state index contributed by atoms with van der Waals surface area (Å²) in [5.41, 5.74) is 3.86. The predicted octanol–water partition coefficient (Wildman–Crippen LogP) is 4.93. The Bertz CT molecular complexity index is 705. The number of nitrogens with zero attached hydrogens (tertiary/aromatic N) is 1. The average molecular weight is 347 g/mol. The third kappa shape index (κ3) is 4.71. The van der Waals surface area contributed by atoms with Crippen LogP contribution in [0.4, 0.5) is 16.2 Å². The molecule has 1 aromatic heterocycles. The number of anilines is 2. The molecule has 1 heterocycles. The van der Waals surface area contributed by atoms with E-state index in [2.05, 4.69) is 41.8 Å². The van der Waals surface area contributed by atoms with E-state index in [9.17, 15) is 4.79 Å². The first-order chi connectivity index (χ1) is 11.3. The molecule has 0 fully saturated rings. The van der Waals surface area contributed by atoms with Gasteiger partial charge in [-0.1, -0.05) is 26.8 Å². The highest BCUT2D eigenvalue weighted by Gasteiger charge is 2.17. The van der Waals surface area contributed by atoms with Crippen molar-refractivity contribution in [2.45, 2.75) is 46.6 Å². The normalized spacial score (nSPS) is 11.2. The second-order valence-electron chi connectivity index (χ2n) is 6.55. The molecular weight excluding hydrogens is 322 g/mol. The number of hydrogen-bond donors (Lipinski definition) is 2. The Morgan fingerprint density at radius 2 is 2.00 bits per heavy atom. The predicted molar refractivity (Wildman–Crippen MR) is 100.0 cm³/mol. The SMILES string of the molecule is CCOC(=O)Nc1cccc(NCc2nc(C(C)(C)C)cs2)c1C. The molecule has 0 aliphatic heterocycles. The number of carbonyl (C=O) groups excluding carboxylic acids is 1. The van der Waals surface area contributed by atoms with Crippen LogP contribution in [-0.2, 0) is 16.7 Å². The molecule has 5 nitrogen and oxygen atoms in total. The zero-order chi connectivity index (χ0) is 17.7.